The van der Waals surface area contributed by atoms with Crippen molar-refractivity contribution >= 4 is 11.0 Å². The Morgan fingerprint density at radius 1 is 1.10 bits per heavy atom. The van der Waals surface area contributed by atoms with Crippen LogP contribution < -0.4 is 4.74 Å². The van der Waals surface area contributed by atoms with Gasteiger partial charge in [0.1, 0.15) is 28.2 Å². The molecule has 5 heteroatoms. The minimum absolute atomic E-state index is 0.154. The van der Waals surface area contributed by atoms with Gasteiger partial charge in [0.15, 0.2) is 0 Å². The molecular formula is C15H15N3O2. The zero-order chi connectivity index (χ0) is 14.1. The van der Waals surface area contributed by atoms with Gasteiger partial charge in [-0.05, 0) is 43.7 Å². The predicted molar refractivity (Wildman–Crippen MR) is 76.4 cm³/mol. The smallest absolute Gasteiger partial charge is 0.143 e. The molecule has 2 aromatic carbocycles. The molecule has 1 N–H and O–H groups in total. The second kappa shape index (κ2) is 4.85. The summed E-state index contributed by atoms with van der Waals surface area (Å²) >= 11 is 0. The van der Waals surface area contributed by atoms with E-state index >= 15 is 0 Å². The van der Waals surface area contributed by atoms with Gasteiger partial charge in [0.05, 0.1) is 6.61 Å². The van der Waals surface area contributed by atoms with Crippen molar-refractivity contribution in [3.63, 3.8) is 0 Å². The molecule has 102 valence electrons. The fourth-order valence-corrected chi connectivity index (χ4v) is 2.05. The second-order valence-electron chi connectivity index (χ2n) is 4.57. The Kier molecular flexibility index (Phi) is 3.02. The number of aromatic nitrogens is 3. The first kappa shape index (κ1) is 12.5. The molecule has 0 aliphatic carbocycles. The Morgan fingerprint density at radius 3 is 2.70 bits per heavy atom. The normalized spacial score (nSPS) is 10.9. The van der Waals surface area contributed by atoms with Crippen molar-refractivity contribution in [2.45, 2.75) is 13.8 Å². The highest BCUT2D eigenvalue weighted by Crippen LogP contribution is 2.24. The first-order chi connectivity index (χ1) is 9.67. The highest BCUT2D eigenvalue weighted by molar-refractivity contribution is 5.75. The van der Waals surface area contributed by atoms with E-state index in [9.17, 15) is 5.11 Å². The molecule has 0 bridgehead atoms. The topological polar surface area (TPSA) is 60.2 Å². The average molecular weight is 269 g/mol. The van der Waals surface area contributed by atoms with Gasteiger partial charge in [-0.15, -0.1) is 15.0 Å². The number of rotatable bonds is 3. The van der Waals surface area contributed by atoms with E-state index in [0.29, 0.717) is 12.3 Å². The average Bonchev–Trinajstić information content (AvgIpc) is 2.85. The number of phenols is 1. The maximum absolute atomic E-state index is 9.93. The summed E-state index contributed by atoms with van der Waals surface area (Å²) in [6.07, 6.45) is 0. The van der Waals surface area contributed by atoms with E-state index in [1.807, 2.05) is 44.2 Å². The Bertz CT molecular complexity index is 765. The summed E-state index contributed by atoms with van der Waals surface area (Å²) in [4.78, 5) is 1.45. The highest BCUT2D eigenvalue weighted by Gasteiger charge is 2.09. The third-order valence-electron chi connectivity index (χ3n) is 3.01. The summed E-state index contributed by atoms with van der Waals surface area (Å²) in [5.74, 6) is 0.918. The summed E-state index contributed by atoms with van der Waals surface area (Å²) in [6.45, 7) is 4.50. The number of phenolic OH excluding ortho intramolecular Hbond substituents is 1. The molecule has 3 aromatic rings. The van der Waals surface area contributed by atoms with Crippen molar-refractivity contribution in [1.29, 1.82) is 0 Å². The lowest BCUT2D eigenvalue weighted by Gasteiger charge is -2.03. The van der Waals surface area contributed by atoms with Crippen LogP contribution in [0.2, 0.25) is 0 Å². The summed E-state index contributed by atoms with van der Waals surface area (Å²) in [5.41, 5.74) is 3.10. The largest absolute Gasteiger partial charge is 0.506 e. The number of benzene rings is 2. The lowest BCUT2D eigenvalue weighted by atomic mass is 10.2. The van der Waals surface area contributed by atoms with E-state index in [2.05, 4.69) is 10.2 Å². The van der Waals surface area contributed by atoms with Crippen molar-refractivity contribution in [3.8, 4) is 17.2 Å². The Morgan fingerprint density at radius 2 is 1.90 bits per heavy atom. The molecule has 0 spiro atoms. The van der Waals surface area contributed by atoms with Crippen LogP contribution in [0.5, 0.6) is 11.5 Å². The van der Waals surface area contributed by atoms with E-state index in [1.54, 1.807) is 6.07 Å². The van der Waals surface area contributed by atoms with Gasteiger partial charge in [0.2, 0.25) is 0 Å². The standard InChI is InChI=1S/C15H15N3O2/c1-3-20-11-5-6-12-13(9-11)17-18(16-12)14-8-10(2)4-7-15(14)19/h4-9,19H,3H2,1-2H3. The molecule has 0 radical (unpaired) electrons. The van der Waals surface area contributed by atoms with Gasteiger partial charge in [0, 0.05) is 6.07 Å². The van der Waals surface area contributed by atoms with Crippen molar-refractivity contribution in [3.05, 3.63) is 42.0 Å². The second-order valence-corrected chi connectivity index (χ2v) is 4.57. The van der Waals surface area contributed by atoms with Gasteiger partial charge in [-0.25, -0.2) is 0 Å². The zero-order valence-corrected chi connectivity index (χ0v) is 11.4. The number of nitrogens with zero attached hydrogens (tertiary/aromatic N) is 3. The Labute approximate surface area is 116 Å². The SMILES string of the molecule is CCOc1ccc2nn(-c3cc(C)ccc3O)nc2c1. The maximum Gasteiger partial charge on any atom is 0.143 e. The first-order valence-electron chi connectivity index (χ1n) is 6.47. The van der Waals surface area contributed by atoms with E-state index in [4.69, 9.17) is 4.74 Å². The molecule has 0 aliphatic rings. The molecule has 0 atom stereocenters. The fourth-order valence-electron chi connectivity index (χ4n) is 2.05. The molecule has 1 aromatic heterocycles. The molecule has 0 saturated carbocycles. The van der Waals surface area contributed by atoms with Crippen molar-refractivity contribution in [2.24, 2.45) is 0 Å². The fraction of sp³-hybridized carbons (Fsp3) is 0.200. The molecule has 0 unspecified atom stereocenters. The maximum atomic E-state index is 9.93. The molecule has 0 aliphatic heterocycles. The van der Waals surface area contributed by atoms with E-state index in [1.165, 1.54) is 4.80 Å². The summed E-state index contributed by atoms with van der Waals surface area (Å²) in [5, 5.41) is 18.7. The van der Waals surface area contributed by atoms with Crippen molar-refractivity contribution < 1.29 is 9.84 Å². The number of hydrogen-bond acceptors (Lipinski definition) is 4. The lowest BCUT2D eigenvalue weighted by Crippen LogP contribution is -1.99. The molecule has 0 fully saturated rings. The minimum atomic E-state index is 0.154. The van der Waals surface area contributed by atoms with Gasteiger partial charge in [-0.3, -0.25) is 0 Å². The van der Waals surface area contributed by atoms with E-state index in [-0.39, 0.29) is 5.75 Å². The number of ether oxygens (including phenoxy) is 1. The Balaban J connectivity index is 2.10. The van der Waals surface area contributed by atoms with E-state index in [0.717, 1.165) is 22.3 Å². The number of fused-ring (bicyclic) bond motifs is 1. The number of hydrogen-bond donors (Lipinski definition) is 1. The molecule has 0 saturated heterocycles. The van der Waals surface area contributed by atoms with Crippen LogP contribution in [0.1, 0.15) is 12.5 Å². The molecular weight excluding hydrogens is 254 g/mol. The van der Waals surface area contributed by atoms with Crippen LogP contribution in [0.3, 0.4) is 0 Å². The molecule has 0 amide bonds. The van der Waals surface area contributed by atoms with Crippen LogP contribution in [0.15, 0.2) is 36.4 Å². The minimum Gasteiger partial charge on any atom is -0.506 e. The lowest BCUT2D eigenvalue weighted by molar-refractivity contribution is 0.340. The zero-order valence-electron chi connectivity index (χ0n) is 11.4. The first-order valence-corrected chi connectivity index (χ1v) is 6.47. The van der Waals surface area contributed by atoms with Crippen LogP contribution in [-0.4, -0.2) is 26.7 Å². The predicted octanol–water partition coefficient (Wildman–Crippen LogP) is 2.83. The summed E-state index contributed by atoms with van der Waals surface area (Å²) < 4.78 is 5.45. The molecule has 3 rings (SSSR count). The van der Waals surface area contributed by atoms with Gasteiger partial charge < -0.3 is 9.84 Å². The highest BCUT2D eigenvalue weighted by atomic mass is 16.5. The monoisotopic (exact) mass is 269 g/mol. The van der Waals surface area contributed by atoms with Crippen LogP contribution in [0, 0.1) is 6.92 Å². The van der Waals surface area contributed by atoms with Gasteiger partial charge in [0.25, 0.3) is 0 Å². The third kappa shape index (κ3) is 2.18. The van der Waals surface area contributed by atoms with Crippen LogP contribution >= 0.6 is 0 Å². The third-order valence-corrected chi connectivity index (χ3v) is 3.01. The van der Waals surface area contributed by atoms with Gasteiger partial charge in [-0.1, -0.05) is 6.07 Å². The van der Waals surface area contributed by atoms with Crippen LogP contribution in [0.4, 0.5) is 0 Å². The number of aromatic hydroxyl groups is 1. The quantitative estimate of drug-likeness (QED) is 0.794. The summed E-state index contributed by atoms with van der Waals surface area (Å²) in [6, 6.07) is 10.9. The number of aryl methyl sites for hydroxylation is 1. The molecule has 5 nitrogen and oxygen atoms in total. The summed E-state index contributed by atoms with van der Waals surface area (Å²) in [7, 11) is 0. The molecule has 1 heterocycles. The van der Waals surface area contributed by atoms with E-state index < -0.39 is 0 Å². The van der Waals surface area contributed by atoms with Crippen molar-refractivity contribution in [2.75, 3.05) is 6.61 Å². The van der Waals surface area contributed by atoms with Gasteiger partial charge >= 0.3 is 0 Å². The van der Waals surface area contributed by atoms with Crippen LogP contribution in [0.25, 0.3) is 16.7 Å². The Hall–Kier alpha value is -2.56. The van der Waals surface area contributed by atoms with Crippen molar-refractivity contribution in [1.82, 2.24) is 15.0 Å². The van der Waals surface area contributed by atoms with Crippen LogP contribution in [-0.2, 0) is 0 Å². The molecule has 20 heavy (non-hydrogen) atoms. The van der Waals surface area contributed by atoms with Gasteiger partial charge in [-0.2, -0.15) is 0 Å².